The van der Waals surface area contributed by atoms with E-state index in [-0.39, 0.29) is 0 Å². The van der Waals surface area contributed by atoms with Gasteiger partial charge in [0.15, 0.2) is 4.77 Å². The van der Waals surface area contributed by atoms with Crippen molar-refractivity contribution in [1.29, 1.82) is 0 Å². The van der Waals surface area contributed by atoms with Gasteiger partial charge < -0.3 is 9.55 Å². The molecule has 0 saturated heterocycles. The Morgan fingerprint density at radius 3 is 2.63 bits per heavy atom. The van der Waals surface area contributed by atoms with Crippen LogP contribution in [0.4, 0.5) is 0 Å². The summed E-state index contributed by atoms with van der Waals surface area (Å²) in [6, 6.07) is 12.9. The summed E-state index contributed by atoms with van der Waals surface area (Å²) in [6.07, 6.45) is 0. The second kappa shape index (κ2) is 4.94. The van der Waals surface area contributed by atoms with Crippen LogP contribution in [0.3, 0.4) is 0 Å². The Hall–Kier alpha value is -1.39. The first-order chi connectivity index (χ1) is 9.18. The van der Waals surface area contributed by atoms with E-state index in [1.165, 1.54) is 10.4 Å². The molecule has 0 aliphatic rings. The van der Waals surface area contributed by atoms with Crippen LogP contribution in [0.15, 0.2) is 41.8 Å². The maximum atomic E-state index is 5.53. The van der Waals surface area contributed by atoms with Gasteiger partial charge in [0.2, 0.25) is 0 Å². The fraction of sp³-hybridized carbons (Fsp3) is 0.267. The Labute approximate surface area is 121 Å². The third-order valence-electron chi connectivity index (χ3n) is 3.37. The molecule has 0 amide bonds. The third-order valence-corrected chi connectivity index (χ3v) is 4.61. The predicted molar refractivity (Wildman–Crippen MR) is 84.4 cm³/mol. The number of nitrogens with one attached hydrogen (secondary N) is 1. The van der Waals surface area contributed by atoms with E-state index < -0.39 is 0 Å². The van der Waals surface area contributed by atoms with Gasteiger partial charge in [-0.15, -0.1) is 11.3 Å². The number of para-hydroxylation sites is 2. The molecule has 0 saturated carbocycles. The highest BCUT2D eigenvalue weighted by Gasteiger charge is 2.21. The maximum absolute atomic E-state index is 5.53. The second-order valence-electron chi connectivity index (χ2n) is 5.02. The van der Waals surface area contributed by atoms with Gasteiger partial charge in [0.25, 0.3) is 0 Å². The van der Waals surface area contributed by atoms with E-state index >= 15 is 0 Å². The van der Waals surface area contributed by atoms with Crippen LogP contribution in [-0.2, 0) is 0 Å². The zero-order valence-corrected chi connectivity index (χ0v) is 12.6. The van der Waals surface area contributed by atoms with Crippen molar-refractivity contribution in [2.45, 2.75) is 19.9 Å². The maximum Gasteiger partial charge on any atom is 0.178 e. The Kier molecular flexibility index (Phi) is 3.29. The predicted octanol–water partition coefficient (Wildman–Crippen LogP) is 5.01. The first kappa shape index (κ1) is 12.6. The Morgan fingerprint density at radius 1 is 1.16 bits per heavy atom. The van der Waals surface area contributed by atoms with Crippen LogP contribution in [-0.4, -0.2) is 9.55 Å². The molecule has 0 aliphatic heterocycles. The van der Waals surface area contributed by atoms with Crippen LogP contribution in [0.1, 0.15) is 24.8 Å². The zero-order chi connectivity index (χ0) is 13.4. The molecule has 1 atom stereocenters. The molecule has 3 rings (SSSR count). The normalized spacial score (nSPS) is 13.2. The molecule has 1 unspecified atom stereocenters. The van der Waals surface area contributed by atoms with Gasteiger partial charge in [0.05, 0.1) is 17.1 Å². The number of benzene rings is 1. The van der Waals surface area contributed by atoms with Crippen molar-refractivity contribution in [2.75, 3.05) is 0 Å². The standard InChI is InChI=1S/C15H16N2S2/c1-10(2)14(13-8-5-9-19-13)17-12-7-4-3-6-11(12)16-15(17)18/h3-10,14H,1-2H3,(H,16,18). The van der Waals surface area contributed by atoms with Gasteiger partial charge in [-0.2, -0.15) is 0 Å². The summed E-state index contributed by atoms with van der Waals surface area (Å²) in [5.41, 5.74) is 2.29. The quantitative estimate of drug-likeness (QED) is 0.672. The summed E-state index contributed by atoms with van der Waals surface area (Å²) in [7, 11) is 0. The minimum absolute atomic E-state index is 0.295. The zero-order valence-electron chi connectivity index (χ0n) is 11.0. The molecule has 3 aromatic rings. The van der Waals surface area contributed by atoms with E-state index in [2.05, 4.69) is 59.1 Å². The van der Waals surface area contributed by atoms with Crippen LogP contribution >= 0.6 is 23.6 Å². The molecule has 0 spiro atoms. The lowest BCUT2D eigenvalue weighted by Gasteiger charge is -2.22. The van der Waals surface area contributed by atoms with E-state index in [4.69, 9.17) is 12.2 Å². The van der Waals surface area contributed by atoms with E-state index in [1.807, 2.05) is 6.07 Å². The summed E-state index contributed by atoms with van der Waals surface area (Å²) in [5, 5.41) is 2.13. The fourth-order valence-electron chi connectivity index (χ4n) is 2.56. The number of imidazole rings is 1. The minimum Gasteiger partial charge on any atom is -0.331 e. The molecule has 0 fully saturated rings. The van der Waals surface area contributed by atoms with Crippen molar-refractivity contribution in [3.8, 4) is 0 Å². The van der Waals surface area contributed by atoms with Crippen LogP contribution in [0, 0.1) is 10.7 Å². The van der Waals surface area contributed by atoms with E-state index in [1.54, 1.807) is 11.3 Å². The number of hydrogen-bond donors (Lipinski definition) is 1. The molecular weight excluding hydrogens is 272 g/mol. The van der Waals surface area contributed by atoms with Crippen LogP contribution in [0.2, 0.25) is 0 Å². The first-order valence-electron chi connectivity index (χ1n) is 6.41. The van der Waals surface area contributed by atoms with Crippen molar-refractivity contribution in [2.24, 2.45) is 5.92 Å². The monoisotopic (exact) mass is 288 g/mol. The average Bonchev–Trinajstić information content (AvgIpc) is 2.99. The fourth-order valence-corrected chi connectivity index (χ4v) is 3.87. The van der Waals surface area contributed by atoms with Crippen molar-refractivity contribution < 1.29 is 0 Å². The Morgan fingerprint density at radius 2 is 1.95 bits per heavy atom. The molecule has 2 heterocycles. The summed E-state index contributed by atoms with van der Waals surface area (Å²) < 4.78 is 3.05. The van der Waals surface area contributed by atoms with Crippen LogP contribution < -0.4 is 0 Å². The van der Waals surface area contributed by atoms with E-state index in [0.29, 0.717) is 12.0 Å². The molecule has 0 radical (unpaired) electrons. The van der Waals surface area contributed by atoms with Crippen LogP contribution in [0.25, 0.3) is 11.0 Å². The number of H-pyrrole nitrogens is 1. The van der Waals surface area contributed by atoms with Gasteiger partial charge in [-0.25, -0.2) is 0 Å². The number of rotatable bonds is 3. The summed E-state index contributed by atoms with van der Waals surface area (Å²) in [6.45, 7) is 4.49. The largest absolute Gasteiger partial charge is 0.331 e. The molecule has 0 aliphatic carbocycles. The summed E-state index contributed by atoms with van der Waals surface area (Å²) in [5.74, 6) is 0.490. The highest BCUT2D eigenvalue weighted by atomic mass is 32.1. The molecule has 19 heavy (non-hydrogen) atoms. The minimum atomic E-state index is 0.295. The van der Waals surface area contributed by atoms with E-state index in [9.17, 15) is 0 Å². The highest BCUT2D eigenvalue weighted by molar-refractivity contribution is 7.71. The number of aromatic amines is 1. The van der Waals surface area contributed by atoms with Crippen molar-refractivity contribution >= 4 is 34.6 Å². The topological polar surface area (TPSA) is 20.7 Å². The lowest BCUT2D eigenvalue weighted by atomic mass is 10.0. The van der Waals surface area contributed by atoms with Gasteiger partial charge in [-0.1, -0.05) is 32.0 Å². The van der Waals surface area contributed by atoms with Gasteiger partial charge in [0.1, 0.15) is 0 Å². The van der Waals surface area contributed by atoms with Crippen molar-refractivity contribution in [3.05, 3.63) is 51.4 Å². The lowest BCUT2D eigenvalue weighted by molar-refractivity contribution is 0.449. The van der Waals surface area contributed by atoms with Gasteiger partial charge >= 0.3 is 0 Å². The Balaban J connectivity index is 2.27. The average molecular weight is 288 g/mol. The van der Waals surface area contributed by atoms with Gasteiger partial charge in [-0.3, -0.25) is 0 Å². The first-order valence-corrected chi connectivity index (χ1v) is 7.70. The third kappa shape index (κ3) is 2.15. The number of nitrogens with zero attached hydrogens (tertiary/aromatic N) is 1. The molecule has 1 N–H and O–H groups in total. The summed E-state index contributed by atoms with van der Waals surface area (Å²) in [4.78, 5) is 4.66. The smallest absolute Gasteiger partial charge is 0.178 e. The lowest BCUT2D eigenvalue weighted by Crippen LogP contribution is -2.15. The molecule has 98 valence electrons. The number of aromatic nitrogens is 2. The second-order valence-corrected chi connectivity index (χ2v) is 6.39. The number of thiophene rings is 1. The number of fused-ring (bicyclic) bond motifs is 1. The van der Waals surface area contributed by atoms with Gasteiger partial charge in [-0.05, 0) is 41.7 Å². The van der Waals surface area contributed by atoms with Crippen molar-refractivity contribution in [3.63, 3.8) is 0 Å². The Bertz CT molecular complexity index is 735. The molecular formula is C15H16N2S2. The number of hydrogen-bond acceptors (Lipinski definition) is 2. The van der Waals surface area contributed by atoms with Gasteiger partial charge in [0, 0.05) is 4.88 Å². The SMILES string of the molecule is CC(C)C(c1cccs1)n1c(=S)[nH]c2ccccc21. The molecule has 2 aromatic heterocycles. The van der Waals surface area contributed by atoms with E-state index in [0.717, 1.165) is 10.3 Å². The van der Waals surface area contributed by atoms with Crippen molar-refractivity contribution in [1.82, 2.24) is 9.55 Å². The molecule has 4 heteroatoms. The molecule has 1 aromatic carbocycles. The van der Waals surface area contributed by atoms with Crippen LogP contribution in [0.5, 0.6) is 0 Å². The molecule has 2 nitrogen and oxygen atoms in total. The highest BCUT2D eigenvalue weighted by Crippen LogP contribution is 2.33. The summed E-state index contributed by atoms with van der Waals surface area (Å²) >= 11 is 7.33. The molecule has 0 bridgehead atoms.